The molecule has 2 rings (SSSR count). The number of thiophene rings is 1. The summed E-state index contributed by atoms with van der Waals surface area (Å²) in [6.45, 7) is 0. The van der Waals surface area contributed by atoms with Crippen LogP contribution in [-0.2, 0) is 0 Å². The zero-order chi connectivity index (χ0) is 7.84. The molecule has 0 aliphatic carbocycles. The molecule has 1 aliphatic heterocycles. The fraction of sp³-hybridized carbons (Fsp3) is 0.143. The molecule has 0 bridgehead atoms. The highest BCUT2D eigenvalue weighted by Crippen LogP contribution is 2.35. The first kappa shape index (κ1) is 7.47. The molecule has 1 unspecified atom stereocenters. The van der Waals surface area contributed by atoms with Crippen molar-refractivity contribution in [1.29, 1.82) is 0 Å². The predicted octanol–water partition coefficient (Wildman–Crippen LogP) is 3.32. The van der Waals surface area contributed by atoms with Crippen LogP contribution in [0.2, 0.25) is 0 Å². The van der Waals surface area contributed by atoms with E-state index in [2.05, 4.69) is 5.32 Å². The molecule has 1 aliphatic rings. The SMILES string of the molecule is ClC1=CC(Cl)Nc2cscc21. The minimum absolute atomic E-state index is 0.176. The van der Waals surface area contributed by atoms with E-state index >= 15 is 0 Å². The molecule has 0 radical (unpaired) electrons. The Bertz CT molecular complexity index is 305. The third-order valence-corrected chi connectivity index (χ3v) is 2.81. The largest absolute Gasteiger partial charge is 0.365 e. The lowest BCUT2D eigenvalue weighted by molar-refractivity contribution is 1.22. The van der Waals surface area contributed by atoms with E-state index in [0.29, 0.717) is 0 Å². The number of fused-ring (bicyclic) bond motifs is 1. The first-order valence-corrected chi connectivity index (χ1v) is 4.87. The number of hydrogen-bond donors (Lipinski definition) is 1. The highest BCUT2D eigenvalue weighted by Gasteiger charge is 2.15. The van der Waals surface area contributed by atoms with Crippen LogP contribution in [0, 0.1) is 0 Å². The van der Waals surface area contributed by atoms with Crippen LogP contribution < -0.4 is 5.32 Å². The van der Waals surface area contributed by atoms with Crippen molar-refractivity contribution in [2.75, 3.05) is 5.32 Å². The number of halogens is 2. The monoisotopic (exact) mass is 205 g/mol. The summed E-state index contributed by atoms with van der Waals surface area (Å²) in [5.74, 6) is 0. The first-order chi connectivity index (χ1) is 5.27. The maximum absolute atomic E-state index is 5.93. The van der Waals surface area contributed by atoms with E-state index in [1.54, 1.807) is 17.4 Å². The molecule has 1 nitrogen and oxygen atoms in total. The molecule has 0 spiro atoms. The van der Waals surface area contributed by atoms with E-state index in [4.69, 9.17) is 23.2 Å². The van der Waals surface area contributed by atoms with Crippen molar-refractivity contribution in [3.05, 3.63) is 22.4 Å². The molecule has 1 aromatic heterocycles. The first-order valence-electron chi connectivity index (χ1n) is 3.12. The number of alkyl halides is 1. The summed E-state index contributed by atoms with van der Waals surface area (Å²) in [5.41, 5.74) is 1.90. The maximum atomic E-state index is 5.93. The van der Waals surface area contributed by atoms with E-state index in [1.165, 1.54) is 0 Å². The average Bonchev–Trinajstić information content (AvgIpc) is 2.34. The van der Waals surface area contributed by atoms with Crippen LogP contribution in [0.25, 0.3) is 5.03 Å². The van der Waals surface area contributed by atoms with Gasteiger partial charge in [0.25, 0.3) is 0 Å². The minimum atomic E-state index is -0.176. The highest BCUT2D eigenvalue weighted by molar-refractivity contribution is 7.08. The molecule has 0 fully saturated rings. The lowest BCUT2D eigenvalue weighted by atomic mass is 10.2. The molecule has 0 amide bonds. The Morgan fingerprint density at radius 3 is 3.09 bits per heavy atom. The smallest absolute Gasteiger partial charge is 0.122 e. The van der Waals surface area contributed by atoms with Gasteiger partial charge in [-0.1, -0.05) is 23.2 Å². The molecular formula is C7H5Cl2NS. The van der Waals surface area contributed by atoms with E-state index < -0.39 is 0 Å². The lowest BCUT2D eigenvalue weighted by Gasteiger charge is -2.15. The average molecular weight is 206 g/mol. The van der Waals surface area contributed by atoms with Crippen LogP contribution in [0.5, 0.6) is 0 Å². The normalized spacial score (nSPS) is 22.0. The Labute approximate surface area is 78.6 Å². The third kappa shape index (κ3) is 1.26. The van der Waals surface area contributed by atoms with Gasteiger partial charge >= 0.3 is 0 Å². The summed E-state index contributed by atoms with van der Waals surface area (Å²) in [6.07, 6.45) is 1.79. The van der Waals surface area contributed by atoms with Gasteiger partial charge in [-0.05, 0) is 6.08 Å². The molecule has 0 saturated carbocycles. The van der Waals surface area contributed by atoms with Gasteiger partial charge < -0.3 is 5.32 Å². The number of hydrogen-bond acceptors (Lipinski definition) is 2. The Kier molecular flexibility index (Phi) is 1.83. The summed E-state index contributed by atoms with van der Waals surface area (Å²) >= 11 is 13.4. The molecule has 1 aromatic rings. The van der Waals surface area contributed by atoms with E-state index in [9.17, 15) is 0 Å². The van der Waals surface area contributed by atoms with Gasteiger partial charge in [-0.2, -0.15) is 0 Å². The van der Waals surface area contributed by atoms with Crippen molar-refractivity contribution in [3.8, 4) is 0 Å². The highest BCUT2D eigenvalue weighted by atomic mass is 35.5. The molecule has 11 heavy (non-hydrogen) atoms. The molecule has 1 atom stereocenters. The molecule has 0 aromatic carbocycles. The fourth-order valence-electron chi connectivity index (χ4n) is 1.00. The quantitative estimate of drug-likeness (QED) is 0.507. The summed E-state index contributed by atoms with van der Waals surface area (Å²) in [6, 6.07) is 0. The van der Waals surface area contributed by atoms with E-state index in [-0.39, 0.29) is 5.50 Å². The van der Waals surface area contributed by atoms with Crippen LogP contribution in [0.3, 0.4) is 0 Å². The van der Waals surface area contributed by atoms with Crippen molar-refractivity contribution >= 4 is 45.3 Å². The fourth-order valence-corrected chi connectivity index (χ4v) is 2.45. The van der Waals surface area contributed by atoms with E-state index in [0.717, 1.165) is 16.3 Å². The summed E-state index contributed by atoms with van der Waals surface area (Å²) in [5, 5.41) is 7.83. The second-order valence-electron chi connectivity index (χ2n) is 2.26. The Morgan fingerprint density at radius 1 is 1.45 bits per heavy atom. The number of nitrogens with one attached hydrogen (secondary N) is 1. The molecule has 4 heteroatoms. The molecule has 58 valence electrons. The molecular weight excluding hydrogens is 201 g/mol. The standard InChI is InChI=1S/C7H5Cl2NS/c8-5-1-7(9)10-6-3-11-2-4(5)6/h1-3,7,10H. The summed E-state index contributed by atoms with van der Waals surface area (Å²) in [7, 11) is 0. The molecule has 2 heterocycles. The number of anilines is 1. The zero-order valence-corrected chi connectivity index (χ0v) is 7.80. The Hall–Kier alpha value is -0.180. The van der Waals surface area contributed by atoms with Gasteiger partial charge in [0.1, 0.15) is 5.50 Å². The van der Waals surface area contributed by atoms with Crippen molar-refractivity contribution in [1.82, 2.24) is 0 Å². The maximum Gasteiger partial charge on any atom is 0.122 e. The molecule has 1 N–H and O–H groups in total. The van der Waals surface area contributed by atoms with Crippen molar-refractivity contribution in [3.63, 3.8) is 0 Å². The van der Waals surface area contributed by atoms with Gasteiger partial charge in [-0.3, -0.25) is 0 Å². The van der Waals surface area contributed by atoms with Gasteiger partial charge in [-0.15, -0.1) is 11.3 Å². The van der Waals surface area contributed by atoms with Crippen molar-refractivity contribution in [2.45, 2.75) is 5.50 Å². The van der Waals surface area contributed by atoms with Gasteiger partial charge in [-0.25, -0.2) is 0 Å². The van der Waals surface area contributed by atoms with Gasteiger partial charge in [0.2, 0.25) is 0 Å². The zero-order valence-electron chi connectivity index (χ0n) is 5.47. The lowest BCUT2D eigenvalue weighted by Crippen LogP contribution is -2.12. The van der Waals surface area contributed by atoms with Gasteiger partial charge in [0.05, 0.1) is 5.69 Å². The second-order valence-corrected chi connectivity index (χ2v) is 3.88. The topological polar surface area (TPSA) is 12.0 Å². The Morgan fingerprint density at radius 2 is 2.27 bits per heavy atom. The predicted molar refractivity (Wildman–Crippen MR) is 51.4 cm³/mol. The minimum Gasteiger partial charge on any atom is -0.365 e. The van der Waals surface area contributed by atoms with Crippen LogP contribution in [0.1, 0.15) is 5.56 Å². The summed E-state index contributed by atoms with van der Waals surface area (Å²) in [4.78, 5) is 0. The number of rotatable bonds is 0. The Balaban J connectivity index is 2.50. The van der Waals surface area contributed by atoms with Crippen molar-refractivity contribution in [2.24, 2.45) is 0 Å². The van der Waals surface area contributed by atoms with Crippen molar-refractivity contribution < 1.29 is 0 Å². The van der Waals surface area contributed by atoms with E-state index in [1.807, 2.05) is 10.8 Å². The second kappa shape index (κ2) is 2.70. The van der Waals surface area contributed by atoms with Crippen LogP contribution in [0.4, 0.5) is 5.69 Å². The molecule has 0 saturated heterocycles. The van der Waals surface area contributed by atoms with Crippen LogP contribution >= 0.6 is 34.5 Å². The summed E-state index contributed by atoms with van der Waals surface area (Å²) < 4.78 is 0. The van der Waals surface area contributed by atoms with Crippen LogP contribution in [-0.4, -0.2) is 5.50 Å². The van der Waals surface area contributed by atoms with Crippen LogP contribution in [0.15, 0.2) is 16.8 Å². The third-order valence-electron chi connectivity index (χ3n) is 1.51. The van der Waals surface area contributed by atoms with Gasteiger partial charge in [0, 0.05) is 21.4 Å². The van der Waals surface area contributed by atoms with Gasteiger partial charge in [0.15, 0.2) is 0 Å².